The maximum atomic E-state index is 6.29. The maximum absolute atomic E-state index is 6.29. The monoisotopic (exact) mass is 464 g/mol. The van der Waals surface area contributed by atoms with Gasteiger partial charge in [0.2, 0.25) is 0 Å². The van der Waals surface area contributed by atoms with Crippen LogP contribution < -0.4 is 0 Å². The number of rotatable bonds is 14. The Morgan fingerprint density at radius 1 is 1.12 bits per heavy atom. The van der Waals surface area contributed by atoms with Crippen molar-refractivity contribution < 1.29 is 13.9 Å². The van der Waals surface area contributed by atoms with Gasteiger partial charge in [-0.1, -0.05) is 63.1 Å². The van der Waals surface area contributed by atoms with E-state index in [1.807, 2.05) is 0 Å². The highest BCUT2D eigenvalue weighted by Gasteiger charge is 2.36. The Labute approximate surface area is 200 Å². The molecule has 2 atom stereocenters. The highest BCUT2D eigenvalue weighted by Crippen LogP contribution is 2.36. The first-order valence-corrected chi connectivity index (χ1v) is 15.8. The van der Waals surface area contributed by atoms with Crippen LogP contribution in [-0.4, -0.2) is 34.4 Å². The summed E-state index contributed by atoms with van der Waals surface area (Å²) in [5.41, 5.74) is 2.85. The van der Waals surface area contributed by atoms with Gasteiger partial charge in [0.1, 0.15) is 0 Å². The summed E-state index contributed by atoms with van der Waals surface area (Å²) in [5, 5.41) is 0.300. The quantitative estimate of drug-likeness (QED) is 0.146. The van der Waals surface area contributed by atoms with Gasteiger partial charge < -0.3 is 13.9 Å². The fraction of sp³-hybridized carbons (Fsp3) is 0.786. The van der Waals surface area contributed by atoms with Crippen molar-refractivity contribution in [3.05, 3.63) is 35.5 Å². The summed E-state index contributed by atoms with van der Waals surface area (Å²) in [5.74, 6) is 0.615. The second kappa shape index (κ2) is 15.3. The third-order valence-corrected chi connectivity index (χ3v) is 11.4. The lowest BCUT2D eigenvalue weighted by atomic mass is 10.0. The molecule has 1 fully saturated rings. The molecule has 3 nitrogen and oxygen atoms in total. The van der Waals surface area contributed by atoms with Gasteiger partial charge in [-0.05, 0) is 89.3 Å². The molecule has 0 radical (unpaired) electrons. The van der Waals surface area contributed by atoms with Crippen molar-refractivity contribution in [2.24, 2.45) is 5.92 Å². The van der Waals surface area contributed by atoms with Crippen LogP contribution in [0.4, 0.5) is 0 Å². The van der Waals surface area contributed by atoms with Gasteiger partial charge in [0, 0.05) is 13.2 Å². The van der Waals surface area contributed by atoms with Gasteiger partial charge in [0.05, 0.1) is 6.61 Å². The number of allylic oxidation sites excluding steroid dienone is 5. The minimum Gasteiger partial charge on any atom is -0.417 e. The lowest BCUT2D eigenvalue weighted by molar-refractivity contribution is -0.155. The van der Waals surface area contributed by atoms with Gasteiger partial charge >= 0.3 is 0 Å². The van der Waals surface area contributed by atoms with Crippen molar-refractivity contribution in [1.29, 1.82) is 0 Å². The predicted molar refractivity (Wildman–Crippen MR) is 142 cm³/mol. The first-order valence-electron chi connectivity index (χ1n) is 12.9. The smallest absolute Gasteiger partial charge is 0.191 e. The van der Waals surface area contributed by atoms with Crippen LogP contribution in [-0.2, 0) is 13.9 Å². The molecule has 0 aliphatic carbocycles. The van der Waals surface area contributed by atoms with Crippen LogP contribution in [0.2, 0.25) is 18.1 Å². The van der Waals surface area contributed by atoms with Gasteiger partial charge in [-0.25, -0.2) is 0 Å². The van der Waals surface area contributed by atoms with Crippen molar-refractivity contribution in [2.45, 2.75) is 117 Å². The van der Waals surface area contributed by atoms with Crippen LogP contribution in [0.5, 0.6) is 0 Å². The van der Waals surface area contributed by atoms with E-state index in [2.05, 4.69) is 78.9 Å². The zero-order valence-corrected chi connectivity index (χ0v) is 23.5. The molecule has 0 bridgehead atoms. The summed E-state index contributed by atoms with van der Waals surface area (Å²) in [7, 11) is -1.60. The lowest BCUT2D eigenvalue weighted by Crippen LogP contribution is -2.41. The van der Waals surface area contributed by atoms with Crippen molar-refractivity contribution in [3.63, 3.8) is 0 Å². The molecule has 0 aromatic carbocycles. The van der Waals surface area contributed by atoms with Crippen molar-refractivity contribution in [3.8, 4) is 0 Å². The van der Waals surface area contributed by atoms with E-state index in [9.17, 15) is 0 Å². The van der Waals surface area contributed by atoms with E-state index in [4.69, 9.17) is 13.9 Å². The first-order chi connectivity index (χ1) is 15.0. The van der Waals surface area contributed by atoms with Crippen LogP contribution >= 0.6 is 0 Å². The normalized spacial score (nSPS) is 20.2. The molecule has 1 saturated heterocycles. The lowest BCUT2D eigenvalue weighted by Gasteiger charge is -2.36. The van der Waals surface area contributed by atoms with Crippen LogP contribution in [0.1, 0.15) is 92.9 Å². The molecule has 1 aliphatic rings. The topological polar surface area (TPSA) is 27.7 Å². The molecule has 1 heterocycles. The fourth-order valence-corrected chi connectivity index (χ4v) is 4.49. The van der Waals surface area contributed by atoms with Gasteiger partial charge in [0.15, 0.2) is 14.6 Å². The molecule has 2 unspecified atom stereocenters. The fourth-order valence-electron chi connectivity index (χ4n) is 3.40. The standard InChI is InChI=1S/C28H52O3Si/c1-24(15-12-17-26(3)20-23-30-27-19-9-10-21-29-27)14-11-16-25(2)18-13-22-31-32(7,8)28(4,5)6/h11,15-16,20,25,27H,9-10,12-14,17-19,21-23H2,1-8H3/b16-11+,24-15+,26-20+. The molecule has 1 aliphatic heterocycles. The maximum Gasteiger partial charge on any atom is 0.191 e. The number of hydrogen-bond donors (Lipinski definition) is 0. The molecular weight excluding hydrogens is 412 g/mol. The van der Waals surface area contributed by atoms with Gasteiger partial charge in [0.25, 0.3) is 0 Å². The van der Waals surface area contributed by atoms with Crippen molar-refractivity contribution in [2.75, 3.05) is 19.8 Å². The second-order valence-corrected chi connectivity index (χ2v) is 15.9. The first kappa shape index (κ1) is 29.3. The third kappa shape index (κ3) is 13.1. The average molecular weight is 465 g/mol. The van der Waals surface area contributed by atoms with E-state index in [-0.39, 0.29) is 6.29 Å². The summed E-state index contributed by atoms with van der Waals surface area (Å²) < 4.78 is 17.7. The zero-order chi connectivity index (χ0) is 24.0. The highest BCUT2D eigenvalue weighted by molar-refractivity contribution is 6.74. The van der Waals surface area contributed by atoms with E-state index < -0.39 is 8.32 Å². The summed E-state index contributed by atoms with van der Waals surface area (Å²) in [4.78, 5) is 0. The van der Waals surface area contributed by atoms with Gasteiger partial charge in [-0.15, -0.1) is 0 Å². The molecule has 1 rings (SSSR count). The summed E-state index contributed by atoms with van der Waals surface area (Å²) in [6.07, 6.45) is 18.3. The molecule has 0 spiro atoms. The van der Waals surface area contributed by atoms with Gasteiger partial charge in [-0.3, -0.25) is 0 Å². The molecule has 0 saturated carbocycles. The minimum atomic E-state index is -1.60. The molecule has 32 heavy (non-hydrogen) atoms. The second-order valence-electron chi connectivity index (χ2n) is 11.1. The molecule has 0 amide bonds. The zero-order valence-electron chi connectivity index (χ0n) is 22.5. The van der Waals surface area contributed by atoms with Crippen molar-refractivity contribution in [1.82, 2.24) is 0 Å². The SMILES string of the molecule is C/C(=C\CC/C(C)=C/COC1CCCCO1)C/C=C/C(C)CCCO[Si](C)(C)C(C)(C)C. The van der Waals surface area contributed by atoms with Crippen LogP contribution in [0.3, 0.4) is 0 Å². The van der Waals surface area contributed by atoms with E-state index in [0.717, 1.165) is 45.3 Å². The molecule has 0 aromatic heterocycles. The Hall–Kier alpha value is -0.683. The predicted octanol–water partition coefficient (Wildman–Crippen LogP) is 8.59. The average Bonchev–Trinajstić information content (AvgIpc) is 2.71. The summed E-state index contributed by atoms with van der Waals surface area (Å²) in [6.45, 7) is 20.8. The number of hydrogen-bond acceptors (Lipinski definition) is 3. The Bertz CT molecular complexity index is 592. The highest BCUT2D eigenvalue weighted by atomic mass is 28.4. The summed E-state index contributed by atoms with van der Waals surface area (Å²) in [6, 6.07) is 0. The number of ether oxygens (including phenoxy) is 2. The van der Waals surface area contributed by atoms with Gasteiger partial charge in [-0.2, -0.15) is 0 Å². The third-order valence-electron chi connectivity index (χ3n) is 6.86. The Balaban J connectivity index is 2.16. The molecule has 0 N–H and O–H groups in total. The Kier molecular flexibility index (Phi) is 14.0. The Morgan fingerprint density at radius 2 is 1.88 bits per heavy atom. The molecule has 186 valence electrons. The van der Waals surface area contributed by atoms with E-state index in [1.54, 1.807) is 0 Å². The minimum absolute atomic E-state index is 0.00818. The van der Waals surface area contributed by atoms with E-state index in [1.165, 1.54) is 30.4 Å². The van der Waals surface area contributed by atoms with Crippen LogP contribution in [0.25, 0.3) is 0 Å². The van der Waals surface area contributed by atoms with E-state index >= 15 is 0 Å². The van der Waals surface area contributed by atoms with Crippen molar-refractivity contribution >= 4 is 8.32 Å². The molecule has 4 heteroatoms. The molecule has 0 aromatic rings. The molecular formula is C28H52O3Si. The summed E-state index contributed by atoms with van der Waals surface area (Å²) >= 11 is 0. The Morgan fingerprint density at radius 3 is 2.53 bits per heavy atom. The van der Waals surface area contributed by atoms with E-state index in [0.29, 0.717) is 17.6 Å². The van der Waals surface area contributed by atoms with Crippen LogP contribution in [0, 0.1) is 5.92 Å². The van der Waals surface area contributed by atoms with Crippen LogP contribution in [0.15, 0.2) is 35.5 Å². The largest absolute Gasteiger partial charge is 0.417 e.